The van der Waals surface area contributed by atoms with E-state index in [1.807, 2.05) is 6.07 Å². The second-order valence-corrected chi connectivity index (χ2v) is 6.45. The van der Waals surface area contributed by atoms with Gasteiger partial charge in [0.1, 0.15) is 17.5 Å². The number of hydrogen-bond acceptors (Lipinski definition) is 5. The molecular weight excluding hydrogens is 387 g/mol. The van der Waals surface area contributed by atoms with Crippen LogP contribution in [0.5, 0.6) is 0 Å². The minimum absolute atomic E-state index is 0.0957. The molecule has 0 saturated heterocycles. The maximum absolute atomic E-state index is 13.4. The first kappa shape index (κ1) is 19.4. The molecule has 8 heteroatoms. The van der Waals surface area contributed by atoms with Gasteiger partial charge in [0.25, 0.3) is 5.91 Å². The summed E-state index contributed by atoms with van der Waals surface area (Å²) >= 11 is 5.93. The first-order chi connectivity index (χ1) is 13.3. The fourth-order valence-corrected chi connectivity index (χ4v) is 2.81. The molecule has 1 heterocycles. The van der Waals surface area contributed by atoms with Gasteiger partial charge in [-0.05, 0) is 50.2 Å². The van der Waals surface area contributed by atoms with Gasteiger partial charge in [-0.25, -0.2) is 9.18 Å². The second-order valence-electron chi connectivity index (χ2n) is 6.04. The van der Waals surface area contributed by atoms with Crippen LogP contribution in [0.4, 0.5) is 10.1 Å². The highest BCUT2D eigenvalue weighted by atomic mass is 35.5. The van der Waals surface area contributed by atoms with Crippen molar-refractivity contribution in [2.75, 3.05) is 5.32 Å². The normalized spacial score (nSPS) is 11.7. The second kappa shape index (κ2) is 7.71. The number of esters is 1. The van der Waals surface area contributed by atoms with Crippen LogP contribution < -0.4 is 5.32 Å². The largest absolute Gasteiger partial charge is 0.449 e. The fourth-order valence-electron chi connectivity index (χ4n) is 2.58. The van der Waals surface area contributed by atoms with E-state index >= 15 is 0 Å². The van der Waals surface area contributed by atoms with Crippen LogP contribution in [0.2, 0.25) is 5.02 Å². The molecule has 3 aromatic rings. The molecule has 2 aromatic carbocycles. The number of carbonyl (C=O) groups excluding carboxylic acids is 2. The van der Waals surface area contributed by atoms with Gasteiger partial charge < -0.3 is 14.5 Å². The lowest BCUT2D eigenvalue weighted by Gasteiger charge is -2.13. The standard InChI is InChI=1S/C20H14ClFN2O4/c1-10-15-7-13(22)4-6-17(15)28-18(10)20(26)27-11(2)19(25)24-14-5-3-12(9-23)16(21)8-14/h3-8,11H,1-2H3,(H,24,25)/t11-/m1/s1. The Kier molecular flexibility index (Phi) is 5.34. The van der Waals surface area contributed by atoms with Crippen LogP contribution in [0.15, 0.2) is 40.8 Å². The summed E-state index contributed by atoms with van der Waals surface area (Å²) in [7, 11) is 0. The maximum Gasteiger partial charge on any atom is 0.375 e. The Morgan fingerprint density at radius 2 is 2.04 bits per heavy atom. The number of hydrogen-bond donors (Lipinski definition) is 1. The Bertz CT molecular complexity index is 1130. The van der Waals surface area contributed by atoms with Crippen molar-refractivity contribution in [3.8, 4) is 6.07 Å². The van der Waals surface area contributed by atoms with Gasteiger partial charge in [0, 0.05) is 16.6 Å². The fraction of sp³-hybridized carbons (Fsp3) is 0.150. The number of amides is 1. The van der Waals surface area contributed by atoms with Crippen molar-refractivity contribution in [1.82, 2.24) is 0 Å². The van der Waals surface area contributed by atoms with E-state index in [1.54, 1.807) is 6.92 Å². The van der Waals surface area contributed by atoms with E-state index in [0.29, 0.717) is 22.2 Å². The van der Waals surface area contributed by atoms with Crippen LogP contribution in [-0.4, -0.2) is 18.0 Å². The predicted molar refractivity (Wildman–Crippen MR) is 101 cm³/mol. The molecule has 3 rings (SSSR count). The topological polar surface area (TPSA) is 92.3 Å². The number of nitrogens with zero attached hydrogens (tertiary/aromatic N) is 1. The zero-order chi connectivity index (χ0) is 20.4. The minimum atomic E-state index is -1.13. The van der Waals surface area contributed by atoms with Crippen molar-refractivity contribution >= 4 is 40.1 Å². The average molecular weight is 401 g/mol. The van der Waals surface area contributed by atoms with Crippen molar-refractivity contribution in [3.05, 3.63) is 64.1 Å². The van der Waals surface area contributed by atoms with Crippen molar-refractivity contribution < 1.29 is 23.1 Å². The number of anilines is 1. The highest BCUT2D eigenvalue weighted by molar-refractivity contribution is 6.32. The van der Waals surface area contributed by atoms with Gasteiger partial charge in [-0.15, -0.1) is 0 Å². The predicted octanol–water partition coefficient (Wildman–Crippen LogP) is 4.59. The van der Waals surface area contributed by atoms with E-state index in [2.05, 4.69) is 5.32 Å². The quantitative estimate of drug-likeness (QED) is 0.646. The first-order valence-electron chi connectivity index (χ1n) is 8.20. The molecule has 1 atom stereocenters. The average Bonchev–Trinajstić information content (AvgIpc) is 2.98. The number of furan rings is 1. The van der Waals surface area contributed by atoms with Crippen molar-refractivity contribution in [2.24, 2.45) is 0 Å². The SMILES string of the molecule is Cc1c(C(=O)O[C@H](C)C(=O)Nc2ccc(C#N)c(Cl)c2)oc2ccc(F)cc12. The van der Waals surface area contributed by atoms with Crippen LogP contribution in [0.1, 0.15) is 28.6 Å². The number of nitrogens with one attached hydrogen (secondary N) is 1. The van der Waals surface area contributed by atoms with Crippen molar-refractivity contribution in [1.29, 1.82) is 5.26 Å². The molecule has 6 nitrogen and oxygen atoms in total. The van der Waals surface area contributed by atoms with Gasteiger partial charge in [0.15, 0.2) is 6.10 Å². The number of carbonyl (C=O) groups is 2. The highest BCUT2D eigenvalue weighted by Crippen LogP contribution is 2.27. The summed E-state index contributed by atoms with van der Waals surface area (Å²) in [5.41, 5.74) is 1.39. The molecular formula is C20H14ClFN2O4. The van der Waals surface area contributed by atoms with Crippen molar-refractivity contribution in [2.45, 2.75) is 20.0 Å². The summed E-state index contributed by atoms with van der Waals surface area (Å²) in [5, 5.41) is 12.1. The van der Waals surface area contributed by atoms with Gasteiger partial charge in [0.2, 0.25) is 5.76 Å². The Balaban J connectivity index is 1.72. The summed E-state index contributed by atoms with van der Waals surface area (Å²) in [4.78, 5) is 24.6. The molecule has 28 heavy (non-hydrogen) atoms. The Labute approximate surface area is 164 Å². The van der Waals surface area contributed by atoms with Gasteiger partial charge in [-0.1, -0.05) is 11.6 Å². The number of fused-ring (bicyclic) bond motifs is 1. The molecule has 0 aliphatic rings. The van der Waals surface area contributed by atoms with E-state index in [4.69, 9.17) is 26.0 Å². The number of rotatable bonds is 4. The third-order valence-electron chi connectivity index (χ3n) is 4.09. The maximum atomic E-state index is 13.4. The van der Waals surface area contributed by atoms with Crippen LogP contribution in [0.3, 0.4) is 0 Å². The third-order valence-corrected chi connectivity index (χ3v) is 4.41. The number of halogens is 2. The van der Waals surface area contributed by atoms with Gasteiger partial charge in [0.05, 0.1) is 10.6 Å². The Morgan fingerprint density at radius 3 is 2.71 bits per heavy atom. The zero-order valence-corrected chi connectivity index (χ0v) is 15.6. The van der Waals surface area contributed by atoms with Crippen LogP contribution in [0.25, 0.3) is 11.0 Å². The monoisotopic (exact) mass is 400 g/mol. The summed E-state index contributed by atoms with van der Waals surface area (Å²) in [6, 6.07) is 10.2. The molecule has 0 radical (unpaired) electrons. The molecule has 0 fully saturated rings. The van der Waals surface area contributed by atoms with E-state index < -0.39 is 23.8 Å². The molecule has 142 valence electrons. The summed E-state index contributed by atoms with van der Waals surface area (Å²) in [6.07, 6.45) is -1.13. The van der Waals surface area contributed by atoms with E-state index in [-0.39, 0.29) is 16.3 Å². The number of aryl methyl sites for hydroxylation is 1. The third kappa shape index (κ3) is 3.82. The zero-order valence-electron chi connectivity index (χ0n) is 14.9. The first-order valence-corrected chi connectivity index (χ1v) is 8.58. The lowest BCUT2D eigenvalue weighted by Crippen LogP contribution is -2.30. The van der Waals surface area contributed by atoms with E-state index in [0.717, 1.165) is 0 Å². The van der Waals surface area contributed by atoms with Crippen LogP contribution in [0, 0.1) is 24.1 Å². The lowest BCUT2D eigenvalue weighted by atomic mass is 10.1. The Morgan fingerprint density at radius 1 is 1.29 bits per heavy atom. The lowest BCUT2D eigenvalue weighted by molar-refractivity contribution is -0.123. The van der Waals surface area contributed by atoms with Gasteiger partial charge in [-0.2, -0.15) is 5.26 Å². The smallest absolute Gasteiger partial charge is 0.375 e. The molecule has 1 aromatic heterocycles. The molecule has 1 amide bonds. The van der Waals surface area contributed by atoms with Crippen LogP contribution in [-0.2, 0) is 9.53 Å². The molecule has 0 aliphatic carbocycles. The van der Waals surface area contributed by atoms with Gasteiger partial charge in [-0.3, -0.25) is 4.79 Å². The summed E-state index contributed by atoms with van der Waals surface area (Å²) < 4.78 is 24.0. The molecule has 0 spiro atoms. The Hall–Kier alpha value is -3.37. The molecule has 0 unspecified atom stereocenters. The molecule has 1 N–H and O–H groups in total. The highest BCUT2D eigenvalue weighted by Gasteiger charge is 2.24. The summed E-state index contributed by atoms with van der Waals surface area (Å²) in [6.45, 7) is 3.00. The van der Waals surface area contributed by atoms with Crippen molar-refractivity contribution in [3.63, 3.8) is 0 Å². The molecule has 0 bridgehead atoms. The van der Waals surface area contributed by atoms with Gasteiger partial charge >= 0.3 is 5.97 Å². The van der Waals surface area contributed by atoms with E-state index in [1.165, 1.54) is 43.3 Å². The molecule has 0 aliphatic heterocycles. The van der Waals surface area contributed by atoms with E-state index in [9.17, 15) is 14.0 Å². The minimum Gasteiger partial charge on any atom is -0.449 e. The number of benzene rings is 2. The summed E-state index contributed by atoms with van der Waals surface area (Å²) in [5.74, 6) is -1.98. The number of ether oxygens (including phenoxy) is 1. The number of nitriles is 1. The molecule has 0 saturated carbocycles. The van der Waals surface area contributed by atoms with Crippen LogP contribution >= 0.6 is 11.6 Å².